The summed E-state index contributed by atoms with van der Waals surface area (Å²) in [6.45, 7) is 0.690. The van der Waals surface area contributed by atoms with Crippen molar-refractivity contribution in [3.63, 3.8) is 0 Å². The van der Waals surface area contributed by atoms with Gasteiger partial charge in [-0.2, -0.15) is 0 Å². The van der Waals surface area contributed by atoms with Crippen molar-refractivity contribution in [3.8, 4) is 0 Å². The molecule has 0 aliphatic rings. The van der Waals surface area contributed by atoms with E-state index in [4.69, 9.17) is 5.73 Å². The SMILES string of the molecule is CS(=O)CCCNc1ccc(F)cc1N. The first-order valence-corrected chi connectivity index (χ1v) is 6.41. The van der Waals surface area contributed by atoms with Crippen molar-refractivity contribution >= 4 is 22.2 Å². The van der Waals surface area contributed by atoms with Gasteiger partial charge in [0.15, 0.2) is 0 Å². The van der Waals surface area contributed by atoms with Crippen LogP contribution in [-0.2, 0) is 10.8 Å². The van der Waals surface area contributed by atoms with Crippen LogP contribution in [0.4, 0.5) is 15.8 Å². The van der Waals surface area contributed by atoms with Crippen LogP contribution in [0.15, 0.2) is 18.2 Å². The molecule has 5 heteroatoms. The molecule has 1 rings (SSSR count). The number of nitrogens with one attached hydrogen (secondary N) is 1. The Labute approximate surface area is 91.3 Å². The molecule has 1 unspecified atom stereocenters. The van der Waals surface area contributed by atoms with Crippen molar-refractivity contribution in [2.24, 2.45) is 0 Å². The quantitative estimate of drug-likeness (QED) is 0.596. The smallest absolute Gasteiger partial charge is 0.125 e. The maximum Gasteiger partial charge on any atom is 0.125 e. The van der Waals surface area contributed by atoms with Crippen molar-refractivity contribution < 1.29 is 8.60 Å². The molecule has 0 fully saturated rings. The number of halogens is 1. The highest BCUT2D eigenvalue weighted by Crippen LogP contribution is 2.18. The molecule has 0 radical (unpaired) electrons. The molecular formula is C10H15FN2OS. The van der Waals surface area contributed by atoms with Crippen LogP contribution in [0, 0.1) is 5.82 Å². The van der Waals surface area contributed by atoms with Crippen LogP contribution < -0.4 is 11.1 Å². The summed E-state index contributed by atoms with van der Waals surface area (Å²) < 4.78 is 23.5. The second kappa shape index (κ2) is 5.70. The van der Waals surface area contributed by atoms with Gasteiger partial charge in [0, 0.05) is 29.4 Å². The molecule has 0 saturated heterocycles. The first-order chi connectivity index (χ1) is 7.09. The van der Waals surface area contributed by atoms with Gasteiger partial charge in [0.1, 0.15) is 5.82 Å². The van der Waals surface area contributed by atoms with E-state index in [0.717, 1.165) is 12.1 Å². The molecule has 0 aliphatic carbocycles. The molecule has 1 atom stereocenters. The van der Waals surface area contributed by atoms with Gasteiger partial charge in [-0.1, -0.05) is 0 Å². The summed E-state index contributed by atoms with van der Waals surface area (Å²) in [4.78, 5) is 0. The number of hydrogen-bond donors (Lipinski definition) is 2. The predicted octanol–water partition coefficient (Wildman–Crippen LogP) is 1.59. The van der Waals surface area contributed by atoms with Crippen molar-refractivity contribution in [2.45, 2.75) is 6.42 Å². The normalized spacial score (nSPS) is 12.4. The Morgan fingerprint density at radius 2 is 2.27 bits per heavy atom. The maximum atomic E-state index is 12.7. The number of rotatable bonds is 5. The third kappa shape index (κ3) is 4.29. The summed E-state index contributed by atoms with van der Waals surface area (Å²) in [5.74, 6) is 0.321. The highest BCUT2D eigenvalue weighted by atomic mass is 32.2. The van der Waals surface area contributed by atoms with E-state index < -0.39 is 10.8 Å². The van der Waals surface area contributed by atoms with E-state index in [9.17, 15) is 8.60 Å². The van der Waals surface area contributed by atoms with Crippen molar-refractivity contribution in [3.05, 3.63) is 24.0 Å². The lowest BCUT2D eigenvalue weighted by Gasteiger charge is -2.08. The van der Waals surface area contributed by atoms with E-state index in [1.54, 1.807) is 12.3 Å². The average molecular weight is 230 g/mol. The van der Waals surface area contributed by atoms with Crippen molar-refractivity contribution in [1.29, 1.82) is 0 Å². The zero-order valence-electron chi connectivity index (χ0n) is 8.63. The van der Waals surface area contributed by atoms with Crippen LogP contribution >= 0.6 is 0 Å². The summed E-state index contributed by atoms with van der Waals surface area (Å²) in [5.41, 5.74) is 6.72. The van der Waals surface area contributed by atoms with Crippen molar-refractivity contribution in [2.75, 3.05) is 29.6 Å². The molecule has 0 bridgehead atoms. The minimum absolute atomic E-state index is 0.340. The summed E-state index contributed by atoms with van der Waals surface area (Å²) in [6.07, 6.45) is 2.48. The Kier molecular flexibility index (Phi) is 4.55. The second-order valence-corrected chi connectivity index (χ2v) is 4.84. The van der Waals surface area contributed by atoms with Gasteiger partial charge in [-0.25, -0.2) is 4.39 Å². The minimum atomic E-state index is -0.764. The van der Waals surface area contributed by atoms with Gasteiger partial charge in [0.2, 0.25) is 0 Å². The first-order valence-electron chi connectivity index (χ1n) is 4.68. The summed E-state index contributed by atoms with van der Waals surface area (Å²) in [5, 5.41) is 3.07. The summed E-state index contributed by atoms with van der Waals surface area (Å²) in [7, 11) is -0.764. The highest BCUT2D eigenvalue weighted by molar-refractivity contribution is 7.84. The fraction of sp³-hybridized carbons (Fsp3) is 0.400. The third-order valence-electron chi connectivity index (χ3n) is 1.94. The van der Waals surface area contributed by atoms with E-state index in [1.807, 2.05) is 0 Å². The van der Waals surface area contributed by atoms with Gasteiger partial charge in [-0.15, -0.1) is 0 Å². The van der Waals surface area contributed by atoms with Crippen LogP contribution in [0.25, 0.3) is 0 Å². The zero-order valence-corrected chi connectivity index (χ0v) is 9.44. The lowest BCUT2D eigenvalue weighted by molar-refractivity contribution is 0.628. The molecular weight excluding hydrogens is 215 g/mol. The van der Waals surface area contributed by atoms with Crippen molar-refractivity contribution in [1.82, 2.24) is 0 Å². The Balaban J connectivity index is 2.40. The van der Waals surface area contributed by atoms with Gasteiger partial charge in [-0.05, 0) is 24.6 Å². The van der Waals surface area contributed by atoms with E-state index in [1.165, 1.54) is 12.1 Å². The van der Waals surface area contributed by atoms with E-state index >= 15 is 0 Å². The largest absolute Gasteiger partial charge is 0.397 e. The fourth-order valence-electron chi connectivity index (χ4n) is 1.19. The molecule has 15 heavy (non-hydrogen) atoms. The van der Waals surface area contributed by atoms with Crippen LogP contribution in [0.2, 0.25) is 0 Å². The number of hydrogen-bond acceptors (Lipinski definition) is 3. The molecule has 1 aromatic rings. The molecule has 0 saturated carbocycles. The predicted molar refractivity (Wildman–Crippen MR) is 62.9 cm³/mol. The monoisotopic (exact) mass is 230 g/mol. The first kappa shape index (κ1) is 12.0. The standard InChI is InChI=1S/C10H15FN2OS/c1-15(14)6-2-5-13-10-4-3-8(11)7-9(10)12/h3-4,7,13H,2,5-6,12H2,1H3. The molecule has 0 aromatic heterocycles. The third-order valence-corrected chi connectivity index (χ3v) is 2.80. The summed E-state index contributed by atoms with van der Waals surface area (Å²) >= 11 is 0. The second-order valence-electron chi connectivity index (χ2n) is 3.29. The van der Waals surface area contributed by atoms with E-state index in [0.29, 0.717) is 18.0 Å². The summed E-state index contributed by atoms with van der Waals surface area (Å²) in [6, 6.07) is 4.24. The zero-order chi connectivity index (χ0) is 11.3. The van der Waals surface area contributed by atoms with Gasteiger partial charge >= 0.3 is 0 Å². The fourth-order valence-corrected chi connectivity index (χ4v) is 1.74. The van der Waals surface area contributed by atoms with Crippen LogP contribution in [0.5, 0.6) is 0 Å². The molecule has 0 spiro atoms. The maximum absolute atomic E-state index is 12.7. The van der Waals surface area contributed by atoms with Gasteiger partial charge in [-0.3, -0.25) is 4.21 Å². The van der Waals surface area contributed by atoms with Crippen LogP contribution in [-0.4, -0.2) is 22.8 Å². The number of benzene rings is 1. The molecule has 3 N–H and O–H groups in total. The Morgan fingerprint density at radius 1 is 1.53 bits per heavy atom. The number of nitrogens with two attached hydrogens (primary N) is 1. The van der Waals surface area contributed by atoms with Crippen LogP contribution in [0.1, 0.15) is 6.42 Å². The average Bonchev–Trinajstić information content (AvgIpc) is 2.14. The minimum Gasteiger partial charge on any atom is -0.397 e. The topological polar surface area (TPSA) is 55.1 Å². The Bertz CT molecular complexity index is 357. The van der Waals surface area contributed by atoms with Gasteiger partial charge < -0.3 is 11.1 Å². The lowest BCUT2D eigenvalue weighted by Crippen LogP contribution is -2.07. The molecule has 0 heterocycles. The lowest BCUT2D eigenvalue weighted by atomic mass is 10.2. The molecule has 0 amide bonds. The Hall–Kier alpha value is -1.10. The number of anilines is 2. The Morgan fingerprint density at radius 3 is 2.87 bits per heavy atom. The van der Waals surface area contributed by atoms with Gasteiger partial charge in [0.25, 0.3) is 0 Å². The number of nitrogen functional groups attached to an aromatic ring is 1. The molecule has 0 aliphatic heterocycles. The molecule has 1 aromatic carbocycles. The highest BCUT2D eigenvalue weighted by Gasteiger charge is 1.99. The van der Waals surface area contributed by atoms with E-state index in [-0.39, 0.29) is 5.82 Å². The van der Waals surface area contributed by atoms with Gasteiger partial charge in [0.05, 0.1) is 11.4 Å². The van der Waals surface area contributed by atoms with E-state index in [2.05, 4.69) is 5.32 Å². The van der Waals surface area contributed by atoms with Crippen LogP contribution in [0.3, 0.4) is 0 Å². The molecule has 3 nitrogen and oxygen atoms in total. The molecule has 84 valence electrons.